The van der Waals surface area contributed by atoms with E-state index in [1.165, 1.54) is 0 Å². The lowest BCUT2D eigenvalue weighted by Crippen LogP contribution is -2.28. The molecular formula is C11H19Cl3N4. The summed E-state index contributed by atoms with van der Waals surface area (Å²) >= 11 is 0. The largest absolute Gasteiger partial charge is 0.327 e. The van der Waals surface area contributed by atoms with Crippen molar-refractivity contribution in [3.05, 3.63) is 17.7 Å². The van der Waals surface area contributed by atoms with Crippen molar-refractivity contribution in [3.8, 4) is 11.8 Å². The van der Waals surface area contributed by atoms with Crippen LogP contribution in [0.15, 0.2) is 6.20 Å². The molecule has 0 unspecified atom stereocenters. The summed E-state index contributed by atoms with van der Waals surface area (Å²) in [6.45, 7) is 4.75. The normalized spacial score (nSPS) is 13.7. The van der Waals surface area contributed by atoms with E-state index in [1.807, 2.05) is 13.1 Å². The van der Waals surface area contributed by atoms with Crippen LogP contribution in [0.5, 0.6) is 0 Å². The van der Waals surface area contributed by atoms with Gasteiger partial charge in [-0.2, -0.15) is 0 Å². The molecule has 18 heavy (non-hydrogen) atoms. The van der Waals surface area contributed by atoms with Crippen LogP contribution in [0.1, 0.15) is 24.9 Å². The van der Waals surface area contributed by atoms with Crippen LogP contribution in [-0.4, -0.2) is 22.1 Å². The van der Waals surface area contributed by atoms with Gasteiger partial charge in [0.05, 0.1) is 12.7 Å². The van der Waals surface area contributed by atoms with Gasteiger partial charge < -0.3 is 15.6 Å². The molecule has 0 bridgehead atoms. The Kier molecular flexibility index (Phi) is 10.5. The second-order valence-corrected chi connectivity index (χ2v) is 3.87. The Labute approximate surface area is 126 Å². The van der Waals surface area contributed by atoms with Crippen LogP contribution in [0.25, 0.3) is 0 Å². The van der Waals surface area contributed by atoms with Crippen LogP contribution in [0.3, 0.4) is 0 Å². The van der Waals surface area contributed by atoms with Crippen LogP contribution in [0.4, 0.5) is 0 Å². The van der Waals surface area contributed by atoms with Gasteiger partial charge in [0.15, 0.2) is 0 Å². The zero-order valence-corrected chi connectivity index (χ0v) is 12.6. The first-order valence-electron chi connectivity index (χ1n) is 5.27. The fraction of sp³-hybridized carbons (Fsp3) is 0.545. The minimum absolute atomic E-state index is 0. The Bertz CT molecular complexity index is 406. The van der Waals surface area contributed by atoms with E-state index in [2.05, 4.69) is 26.7 Å². The number of hydrogen-bond donors (Lipinski definition) is 2. The van der Waals surface area contributed by atoms with Crippen LogP contribution in [0.2, 0.25) is 0 Å². The quantitative estimate of drug-likeness (QED) is 0.769. The van der Waals surface area contributed by atoms with Gasteiger partial charge in [0.1, 0.15) is 11.5 Å². The molecule has 1 aromatic heterocycles. The average Bonchev–Trinajstić information content (AvgIpc) is 2.62. The highest BCUT2D eigenvalue weighted by Gasteiger charge is 2.11. The Morgan fingerprint density at radius 1 is 1.50 bits per heavy atom. The lowest BCUT2D eigenvalue weighted by Gasteiger charge is -2.15. The Hall–Kier alpha value is -0.440. The number of halogens is 3. The van der Waals surface area contributed by atoms with E-state index in [1.54, 1.807) is 0 Å². The molecule has 7 heteroatoms. The highest BCUT2D eigenvalue weighted by Crippen LogP contribution is 2.07. The van der Waals surface area contributed by atoms with Crippen molar-refractivity contribution in [1.29, 1.82) is 0 Å². The number of nitrogens with zero attached hydrogens (tertiary/aromatic N) is 2. The first-order valence-corrected chi connectivity index (χ1v) is 5.27. The average molecular weight is 314 g/mol. The molecule has 4 nitrogen and oxygen atoms in total. The van der Waals surface area contributed by atoms with Crippen molar-refractivity contribution in [2.24, 2.45) is 5.73 Å². The van der Waals surface area contributed by atoms with Crippen molar-refractivity contribution in [2.45, 2.75) is 32.5 Å². The molecule has 0 fully saturated rings. The van der Waals surface area contributed by atoms with E-state index in [0.29, 0.717) is 0 Å². The van der Waals surface area contributed by atoms with Crippen molar-refractivity contribution < 1.29 is 0 Å². The zero-order chi connectivity index (χ0) is 10.7. The lowest BCUT2D eigenvalue weighted by atomic mass is 10.2. The van der Waals surface area contributed by atoms with Gasteiger partial charge in [-0.3, -0.25) is 0 Å². The standard InChI is InChI=1S/C11H16N4.3ClH/c1-9(12)3-2-4-10-7-14-11-8-13-5-6-15(10)11;;;/h7,9,13H,3,5-6,8,12H2,1H3;3*1H/t9-;;;/m0.../s1. The van der Waals surface area contributed by atoms with Crippen LogP contribution >= 0.6 is 37.2 Å². The molecule has 0 saturated heterocycles. The maximum absolute atomic E-state index is 5.63. The highest BCUT2D eigenvalue weighted by molar-refractivity contribution is 5.86. The predicted octanol–water partition coefficient (Wildman–Crippen LogP) is 1.34. The second kappa shape index (κ2) is 9.48. The molecule has 1 aromatic rings. The van der Waals surface area contributed by atoms with Crippen LogP contribution in [-0.2, 0) is 13.1 Å². The molecule has 3 N–H and O–H groups in total. The van der Waals surface area contributed by atoms with E-state index >= 15 is 0 Å². The first-order chi connectivity index (χ1) is 7.27. The second-order valence-electron chi connectivity index (χ2n) is 3.87. The SMILES string of the molecule is C[C@H](N)CC#Cc1cnc2n1CCNC2.Cl.Cl.Cl. The number of imidazole rings is 1. The third kappa shape index (κ3) is 5.05. The highest BCUT2D eigenvalue weighted by atomic mass is 35.5. The first kappa shape index (κ1) is 19.9. The molecule has 104 valence electrons. The van der Waals surface area contributed by atoms with Gasteiger partial charge in [-0.15, -0.1) is 37.2 Å². The molecule has 1 aliphatic rings. The van der Waals surface area contributed by atoms with E-state index in [9.17, 15) is 0 Å². The molecular weight excluding hydrogens is 295 g/mol. The maximum Gasteiger partial charge on any atom is 0.123 e. The van der Waals surface area contributed by atoms with Crippen molar-refractivity contribution in [2.75, 3.05) is 6.54 Å². The van der Waals surface area contributed by atoms with Crippen LogP contribution < -0.4 is 11.1 Å². The summed E-state index contributed by atoms with van der Waals surface area (Å²) in [6.07, 6.45) is 2.58. The number of rotatable bonds is 1. The summed E-state index contributed by atoms with van der Waals surface area (Å²) in [5.41, 5.74) is 6.64. The van der Waals surface area contributed by atoms with Crippen LogP contribution in [0, 0.1) is 11.8 Å². The van der Waals surface area contributed by atoms with Gasteiger partial charge in [-0.1, -0.05) is 5.92 Å². The van der Waals surface area contributed by atoms with E-state index in [0.717, 1.165) is 37.6 Å². The lowest BCUT2D eigenvalue weighted by molar-refractivity contribution is 0.503. The number of aromatic nitrogens is 2. The molecule has 0 saturated carbocycles. The Morgan fingerprint density at radius 2 is 2.22 bits per heavy atom. The van der Waals surface area contributed by atoms with E-state index in [4.69, 9.17) is 5.73 Å². The summed E-state index contributed by atoms with van der Waals surface area (Å²) in [5, 5.41) is 3.28. The van der Waals surface area contributed by atoms with Gasteiger partial charge >= 0.3 is 0 Å². The summed E-state index contributed by atoms with van der Waals surface area (Å²) in [7, 11) is 0. The van der Waals surface area contributed by atoms with E-state index in [-0.39, 0.29) is 43.3 Å². The minimum atomic E-state index is 0. The third-order valence-corrected chi connectivity index (χ3v) is 2.37. The fourth-order valence-electron chi connectivity index (χ4n) is 1.60. The van der Waals surface area contributed by atoms with Gasteiger partial charge in [-0.05, 0) is 12.8 Å². The number of nitrogens with one attached hydrogen (secondary N) is 1. The summed E-state index contributed by atoms with van der Waals surface area (Å²) in [4.78, 5) is 4.32. The smallest absolute Gasteiger partial charge is 0.123 e. The molecule has 1 aliphatic heterocycles. The molecule has 2 rings (SSSR count). The molecule has 0 amide bonds. The van der Waals surface area contributed by atoms with Gasteiger partial charge in [0.25, 0.3) is 0 Å². The zero-order valence-electron chi connectivity index (χ0n) is 10.2. The van der Waals surface area contributed by atoms with Gasteiger partial charge in [0, 0.05) is 25.6 Å². The molecule has 2 heterocycles. The Balaban J connectivity index is 0. The summed E-state index contributed by atoms with van der Waals surface area (Å²) < 4.78 is 2.17. The third-order valence-electron chi connectivity index (χ3n) is 2.37. The molecule has 0 spiro atoms. The molecule has 1 atom stereocenters. The topological polar surface area (TPSA) is 55.9 Å². The summed E-state index contributed by atoms with van der Waals surface area (Å²) in [6, 6.07) is 0.142. The number of nitrogens with two attached hydrogens (primary N) is 1. The molecule has 0 aromatic carbocycles. The number of fused-ring (bicyclic) bond motifs is 1. The van der Waals surface area contributed by atoms with Crippen molar-refractivity contribution >= 4 is 37.2 Å². The predicted molar refractivity (Wildman–Crippen MR) is 80.8 cm³/mol. The number of hydrogen-bond acceptors (Lipinski definition) is 3. The molecule has 0 radical (unpaired) electrons. The Morgan fingerprint density at radius 3 is 2.89 bits per heavy atom. The van der Waals surface area contributed by atoms with Crippen molar-refractivity contribution in [3.63, 3.8) is 0 Å². The van der Waals surface area contributed by atoms with Gasteiger partial charge in [0.2, 0.25) is 0 Å². The maximum atomic E-state index is 5.63. The molecule has 0 aliphatic carbocycles. The fourth-order valence-corrected chi connectivity index (χ4v) is 1.60. The van der Waals surface area contributed by atoms with Crippen molar-refractivity contribution in [1.82, 2.24) is 14.9 Å². The summed E-state index contributed by atoms with van der Waals surface area (Å²) in [5.74, 6) is 7.28. The monoisotopic (exact) mass is 312 g/mol. The minimum Gasteiger partial charge on any atom is -0.327 e. The van der Waals surface area contributed by atoms with Gasteiger partial charge in [-0.25, -0.2) is 4.98 Å². The van der Waals surface area contributed by atoms with E-state index < -0.39 is 0 Å².